The van der Waals surface area contributed by atoms with Crippen LogP contribution < -0.4 is 11.2 Å². The van der Waals surface area contributed by atoms with Crippen molar-refractivity contribution in [2.75, 3.05) is 0 Å². The minimum Gasteiger partial charge on any atom is -0.306 e. The zero-order valence-electron chi connectivity index (χ0n) is 18.7. The number of nitrogens with one attached hydrogen (secondary N) is 1. The highest BCUT2D eigenvalue weighted by molar-refractivity contribution is 6.34. The molecule has 1 N–H and O–H groups in total. The van der Waals surface area contributed by atoms with E-state index in [0.717, 1.165) is 33.2 Å². The first-order valence-corrected chi connectivity index (χ1v) is 11.5. The van der Waals surface area contributed by atoms with Crippen molar-refractivity contribution < 1.29 is 0 Å². The molecule has 35 heavy (non-hydrogen) atoms. The van der Waals surface area contributed by atoms with E-state index in [9.17, 15) is 9.59 Å². The summed E-state index contributed by atoms with van der Waals surface area (Å²) in [6.45, 7) is 0. The van der Waals surface area contributed by atoms with E-state index in [4.69, 9.17) is 11.6 Å². The summed E-state index contributed by atoms with van der Waals surface area (Å²) in [5.74, 6) is 0. The Morgan fingerprint density at radius 3 is 2.49 bits per heavy atom. The zero-order valence-corrected chi connectivity index (χ0v) is 19.5. The SMILES string of the molecule is Cn1ccc(-c2cccc(Cl)c2-c2ccc3c(=O)n(-c4cccc5ccccc45)c(=O)[nH]c3c2)n1. The molecule has 6 nitrogen and oxygen atoms in total. The lowest BCUT2D eigenvalue weighted by Crippen LogP contribution is -2.33. The molecule has 0 aliphatic rings. The normalized spacial score (nSPS) is 11.4. The highest BCUT2D eigenvalue weighted by Crippen LogP contribution is 2.37. The molecule has 0 aliphatic heterocycles. The first-order valence-electron chi connectivity index (χ1n) is 11.1. The van der Waals surface area contributed by atoms with Crippen molar-refractivity contribution >= 4 is 33.3 Å². The minimum atomic E-state index is -0.500. The average molecular weight is 479 g/mol. The van der Waals surface area contributed by atoms with Gasteiger partial charge in [-0.15, -0.1) is 0 Å². The molecule has 0 bridgehead atoms. The summed E-state index contributed by atoms with van der Waals surface area (Å²) in [6, 6.07) is 26.2. The quantitative estimate of drug-likeness (QED) is 0.362. The molecule has 0 saturated heterocycles. The lowest BCUT2D eigenvalue weighted by atomic mass is 9.96. The first-order chi connectivity index (χ1) is 17.0. The van der Waals surface area contributed by atoms with Gasteiger partial charge >= 0.3 is 5.69 Å². The van der Waals surface area contributed by atoms with Crippen LogP contribution in [0.3, 0.4) is 0 Å². The molecule has 2 aromatic heterocycles. The van der Waals surface area contributed by atoms with Gasteiger partial charge in [-0.2, -0.15) is 5.10 Å². The third kappa shape index (κ3) is 3.47. The van der Waals surface area contributed by atoms with E-state index < -0.39 is 5.69 Å². The molecular formula is C28H19ClN4O2. The molecule has 4 aromatic carbocycles. The van der Waals surface area contributed by atoms with Crippen molar-refractivity contribution in [1.82, 2.24) is 19.3 Å². The van der Waals surface area contributed by atoms with E-state index in [2.05, 4.69) is 10.1 Å². The fourth-order valence-corrected chi connectivity index (χ4v) is 4.87. The van der Waals surface area contributed by atoms with Gasteiger partial charge in [0.05, 0.1) is 22.3 Å². The molecule has 0 fully saturated rings. The van der Waals surface area contributed by atoms with Crippen LogP contribution in [0, 0.1) is 0 Å². The molecule has 7 heteroatoms. The predicted molar refractivity (Wildman–Crippen MR) is 140 cm³/mol. The van der Waals surface area contributed by atoms with Gasteiger partial charge in [0.2, 0.25) is 0 Å². The number of aryl methyl sites for hydroxylation is 1. The van der Waals surface area contributed by atoms with E-state index in [-0.39, 0.29) is 5.56 Å². The molecule has 0 spiro atoms. The summed E-state index contributed by atoms with van der Waals surface area (Å²) in [4.78, 5) is 29.6. The average Bonchev–Trinajstić information content (AvgIpc) is 3.30. The number of fused-ring (bicyclic) bond motifs is 2. The van der Waals surface area contributed by atoms with Crippen molar-refractivity contribution in [2.45, 2.75) is 0 Å². The Morgan fingerprint density at radius 1 is 0.857 bits per heavy atom. The number of aromatic amines is 1. The molecule has 0 aliphatic carbocycles. The van der Waals surface area contributed by atoms with E-state index in [0.29, 0.717) is 21.6 Å². The van der Waals surface area contributed by atoms with Crippen LogP contribution in [0.15, 0.2) is 101 Å². The van der Waals surface area contributed by atoms with Crippen molar-refractivity contribution in [2.24, 2.45) is 7.05 Å². The van der Waals surface area contributed by atoms with E-state index in [1.807, 2.05) is 80.0 Å². The molecule has 0 radical (unpaired) electrons. The van der Waals surface area contributed by atoms with Gasteiger partial charge in [0.15, 0.2) is 0 Å². The van der Waals surface area contributed by atoms with Crippen LogP contribution in [0.25, 0.3) is 49.7 Å². The Morgan fingerprint density at radius 2 is 1.66 bits per heavy atom. The molecular weight excluding hydrogens is 460 g/mol. The predicted octanol–water partition coefficient (Wildman–Crippen LogP) is 5.55. The second kappa shape index (κ2) is 8.11. The number of H-pyrrole nitrogens is 1. The molecule has 2 heterocycles. The van der Waals surface area contributed by atoms with Gasteiger partial charge in [-0.3, -0.25) is 9.48 Å². The Hall–Kier alpha value is -4.42. The summed E-state index contributed by atoms with van der Waals surface area (Å²) in [5, 5.41) is 7.26. The van der Waals surface area contributed by atoms with Crippen molar-refractivity contribution in [3.63, 3.8) is 0 Å². The number of aromatic nitrogens is 4. The highest BCUT2D eigenvalue weighted by atomic mass is 35.5. The number of benzene rings is 4. The number of halogens is 1. The number of rotatable bonds is 3. The fraction of sp³-hybridized carbons (Fsp3) is 0.0357. The molecule has 0 saturated carbocycles. The smallest absolute Gasteiger partial charge is 0.306 e. The summed E-state index contributed by atoms with van der Waals surface area (Å²) >= 11 is 6.62. The molecule has 6 aromatic rings. The number of nitrogens with zero attached hydrogens (tertiary/aromatic N) is 3. The van der Waals surface area contributed by atoms with Crippen molar-refractivity contribution in [3.05, 3.63) is 117 Å². The molecule has 0 amide bonds. The highest BCUT2D eigenvalue weighted by Gasteiger charge is 2.16. The second-order valence-corrected chi connectivity index (χ2v) is 8.77. The van der Waals surface area contributed by atoms with Crippen LogP contribution in [0.5, 0.6) is 0 Å². The van der Waals surface area contributed by atoms with Crippen LogP contribution in [-0.2, 0) is 7.05 Å². The van der Waals surface area contributed by atoms with Gasteiger partial charge < -0.3 is 4.98 Å². The number of hydrogen-bond donors (Lipinski definition) is 1. The van der Waals surface area contributed by atoms with Crippen molar-refractivity contribution in [1.29, 1.82) is 0 Å². The Kier molecular flexibility index (Phi) is 4.90. The van der Waals surface area contributed by atoms with Gasteiger partial charge in [-0.25, -0.2) is 9.36 Å². The second-order valence-electron chi connectivity index (χ2n) is 8.37. The Bertz CT molecular complexity index is 1880. The van der Waals surface area contributed by atoms with Gasteiger partial charge in [-0.1, -0.05) is 66.2 Å². The van der Waals surface area contributed by atoms with Crippen LogP contribution in [0.2, 0.25) is 5.02 Å². The standard InChI is InChI=1S/C28H19ClN4O2/c1-32-15-14-23(31-32)20-9-5-10-22(29)26(20)18-12-13-21-24(16-18)30-28(35)33(27(21)34)25-11-4-7-17-6-2-3-8-19(17)25/h2-16H,1H3,(H,30,35). The minimum absolute atomic E-state index is 0.379. The van der Waals surface area contributed by atoms with E-state index in [1.165, 1.54) is 4.57 Å². The van der Waals surface area contributed by atoms with Crippen LogP contribution in [0.1, 0.15) is 0 Å². The third-order valence-corrected chi connectivity index (χ3v) is 6.51. The summed E-state index contributed by atoms with van der Waals surface area (Å²) in [7, 11) is 1.86. The Labute approximate surface area is 204 Å². The molecule has 6 rings (SSSR count). The topological polar surface area (TPSA) is 72.7 Å². The lowest BCUT2D eigenvalue weighted by molar-refractivity contribution is 0.771. The fourth-order valence-electron chi connectivity index (χ4n) is 4.59. The largest absolute Gasteiger partial charge is 0.333 e. The summed E-state index contributed by atoms with van der Waals surface area (Å²) in [5.41, 5.74) is 3.32. The Balaban J connectivity index is 1.57. The van der Waals surface area contributed by atoms with Gasteiger partial charge in [-0.05, 0) is 41.3 Å². The maximum atomic E-state index is 13.5. The lowest BCUT2D eigenvalue weighted by Gasteiger charge is -2.13. The summed E-state index contributed by atoms with van der Waals surface area (Å²) in [6.07, 6.45) is 1.87. The monoisotopic (exact) mass is 478 g/mol. The van der Waals surface area contributed by atoms with Crippen molar-refractivity contribution in [3.8, 4) is 28.1 Å². The van der Waals surface area contributed by atoms with E-state index >= 15 is 0 Å². The third-order valence-electron chi connectivity index (χ3n) is 6.20. The van der Waals surface area contributed by atoms with Gasteiger partial charge in [0.1, 0.15) is 0 Å². The summed E-state index contributed by atoms with van der Waals surface area (Å²) < 4.78 is 2.92. The molecule has 0 atom stereocenters. The van der Waals surface area contributed by atoms with E-state index in [1.54, 1.807) is 22.9 Å². The maximum absolute atomic E-state index is 13.5. The zero-order chi connectivity index (χ0) is 24.1. The van der Waals surface area contributed by atoms with Gasteiger partial charge in [0, 0.05) is 34.8 Å². The maximum Gasteiger partial charge on any atom is 0.333 e. The first kappa shape index (κ1) is 21.1. The number of hydrogen-bond acceptors (Lipinski definition) is 3. The molecule has 170 valence electrons. The molecule has 0 unspecified atom stereocenters. The van der Waals surface area contributed by atoms with Gasteiger partial charge in [0.25, 0.3) is 5.56 Å². The van der Waals surface area contributed by atoms with Crippen LogP contribution in [0.4, 0.5) is 0 Å². The van der Waals surface area contributed by atoms with Crippen LogP contribution in [-0.4, -0.2) is 19.3 Å². The van der Waals surface area contributed by atoms with Crippen LogP contribution >= 0.6 is 11.6 Å².